The molecule has 0 unspecified atom stereocenters. The third-order valence-electron chi connectivity index (χ3n) is 2.57. The second-order valence-electron chi connectivity index (χ2n) is 4.26. The SMILES string of the molecule is Cn1ccc(NC(=O)CCNS(=O)(=O)c2cccnc2)n1. The van der Waals surface area contributed by atoms with Crippen molar-refractivity contribution >= 4 is 21.7 Å². The van der Waals surface area contributed by atoms with Gasteiger partial charge >= 0.3 is 0 Å². The van der Waals surface area contributed by atoms with Crippen LogP contribution in [0.4, 0.5) is 5.82 Å². The number of anilines is 1. The van der Waals surface area contributed by atoms with Gasteiger partial charge in [-0.3, -0.25) is 14.5 Å². The predicted molar refractivity (Wildman–Crippen MR) is 75.9 cm³/mol. The molecule has 2 heterocycles. The highest BCUT2D eigenvalue weighted by molar-refractivity contribution is 7.89. The first-order valence-electron chi connectivity index (χ1n) is 6.16. The summed E-state index contributed by atoms with van der Waals surface area (Å²) in [5.74, 6) is 0.111. The number of hydrogen-bond acceptors (Lipinski definition) is 5. The highest BCUT2D eigenvalue weighted by Gasteiger charge is 2.14. The molecule has 0 aromatic carbocycles. The maximum Gasteiger partial charge on any atom is 0.242 e. The lowest BCUT2D eigenvalue weighted by Gasteiger charge is -2.06. The number of sulfonamides is 1. The Bertz CT molecular complexity index is 712. The van der Waals surface area contributed by atoms with Gasteiger partial charge in [0.15, 0.2) is 5.82 Å². The highest BCUT2D eigenvalue weighted by Crippen LogP contribution is 2.05. The summed E-state index contributed by atoms with van der Waals surface area (Å²) < 4.78 is 27.7. The minimum Gasteiger partial charge on any atom is -0.309 e. The molecule has 0 bridgehead atoms. The van der Waals surface area contributed by atoms with Crippen LogP contribution in [0.5, 0.6) is 0 Å². The van der Waals surface area contributed by atoms with Crippen LogP contribution in [-0.4, -0.2) is 35.6 Å². The van der Waals surface area contributed by atoms with Crippen molar-refractivity contribution in [3.8, 4) is 0 Å². The van der Waals surface area contributed by atoms with Gasteiger partial charge in [0.25, 0.3) is 0 Å². The molecule has 2 aromatic rings. The molecular formula is C12H15N5O3S. The van der Waals surface area contributed by atoms with Gasteiger partial charge in [-0.25, -0.2) is 13.1 Å². The van der Waals surface area contributed by atoms with Crippen molar-refractivity contribution in [1.82, 2.24) is 19.5 Å². The van der Waals surface area contributed by atoms with E-state index in [1.807, 2.05) is 0 Å². The summed E-state index contributed by atoms with van der Waals surface area (Å²) in [7, 11) is -1.90. The number of amides is 1. The average molecular weight is 309 g/mol. The Morgan fingerprint density at radius 2 is 2.19 bits per heavy atom. The maximum atomic E-state index is 11.9. The van der Waals surface area contributed by atoms with Gasteiger partial charge in [0.2, 0.25) is 15.9 Å². The number of nitrogens with one attached hydrogen (secondary N) is 2. The number of carbonyl (C=O) groups excluding carboxylic acids is 1. The molecule has 0 radical (unpaired) electrons. The Kier molecular flexibility index (Phi) is 4.66. The van der Waals surface area contributed by atoms with Crippen LogP contribution >= 0.6 is 0 Å². The van der Waals surface area contributed by atoms with Crippen LogP contribution in [0.15, 0.2) is 41.7 Å². The normalized spacial score (nSPS) is 11.3. The van der Waals surface area contributed by atoms with E-state index in [1.165, 1.54) is 24.5 Å². The lowest BCUT2D eigenvalue weighted by molar-refractivity contribution is -0.116. The Labute approximate surface area is 122 Å². The summed E-state index contributed by atoms with van der Waals surface area (Å²) in [6.07, 6.45) is 4.44. The van der Waals surface area contributed by atoms with Gasteiger partial charge in [-0.15, -0.1) is 0 Å². The largest absolute Gasteiger partial charge is 0.309 e. The van der Waals surface area contributed by atoms with Crippen LogP contribution in [0.1, 0.15) is 6.42 Å². The second-order valence-corrected chi connectivity index (χ2v) is 6.03. The summed E-state index contributed by atoms with van der Waals surface area (Å²) in [5, 5.41) is 6.56. The van der Waals surface area contributed by atoms with E-state index in [9.17, 15) is 13.2 Å². The van der Waals surface area contributed by atoms with Crippen molar-refractivity contribution in [2.24, 2.45) is 7.05 Å². The van der Waals surface area contributed by atoms with Gasteiger partial charge in [-0.1, -0.05) is 0 Å². The lowest BCUT2D eigenvalue weighted by Crippen LogP contribution is -2.28. The summed E-state index contributed by atoms with van der Waals surface area (Å²) in [4.78, 5) is 15.4. The number of carbonyl (C=O) groups is 1. The molecule has 9 heteroatoms. The minimum absolute atomic E-state index is 0.00407. The Morgan fingerprint density at radius 1 is 1.38 bits per heavy atom. The fourth-order valence-corrected chi connectivity index (χ4v) is 2.57. The number of pyridine rings is 1. The molecule has 21 heavy (non-hydrogen) atoms. The smallest absolute Gasteiger partial charge is 0.242 e. The summed E-state index contributed by atoms with van der Waals surface area (Å²) in [6, 6.07) is 4.61. The summed E-state index contributed by atoms with van der Waals surface area (Å²) in [5.41, 5.74) is 0. The quantitative estimate of drug-likeness (QED) is 0.788. The fraction of sp³-hybridized carbons (Fsp3) is 0.250. The topological polar surface area (TPSA) is 106 Å². The lowest BCUT2D eigenvalue weighted by atomic mass is 10.4. The van der Waals surface area contributed by atoms with Gasteiger partial charge < -0.3 is 5.32 Å². The molecule has 0 saturated heterocycles. The van der Waals surface area contributed by atoms with Gasteiger partial charge in [-0.05, 0) is 12.1 Å². The summed E-state index contributed by atoms with van der Waals surface area (Å²) in [6.45, 7) is -0.00407. The molecule has 2 rings (SSSR count). The zero-order valence-electron chi connectivity index (χ0n) is 11.4. The van der Waals surface area contributed by atoms with E-state index in [0.717, 1.165) is 0 Å². The van der Waals surface area contributed by atoms with Crippen molar-refractivity contribution in [2.45, 2.75) is 11.3 Å². The monoisotopic (exact) mass is 309 g/mol. The van der Waals surface area contributed by atoms with E-state index in [1.54, 1.807) is 24.0 Å². The third-order valence-corrected chi connectivity index (χ3v) is 4.02. The number of rotatable bonds is 6. The zero-order chi connectivity index (χ0) is 15.3. The Hall–Kier alpha value is -2.26. The van der Waals surface area contributed by atoms with Gasteiger partial charge in [0, 0.05) is 44.7 Å². The first-order chi connectivity index (χ1) is 9.97. The Balaban J connectivity index is 1.82. The third kappa shape index (κ3) is 4.36. The van der Waals surface area contributed by atoms with Crippen LogP contribution in [0.3, 0.4) is 0 Å². The van der Waals surface area contributed by atoms with E-state index >= 15 is 0 Å². The molecule has 0 saturated carbocycles. The minimum atomic E-state index is -3.64. The van der Waals surface area contributed by atoms with Crippen LogP contribution in [-0.2, 0) is 21.9 Å². The van der Waals surface area contributed by atoms with Crippen LogP contribution in [0, 0.1) is 0 Å². The Morgan fingerprint density at radius 3 is 2.81 bits per heavy atom. The predicted octanol–water partition coefficient (Wildman–Crippen LogP) is 0.122. The maximum absolute atomic E-state index is 11.9. The van der Waals surface area contributed by atoms with Crippen LogP contribution in [0.25, 0.3) is 0 Å². The molecule has 0 atom stereocenters. The van der Waals surface area contributed by atoms with Crippen LogP contribution < -0.4 is 10.0 Å². The molecule has 0 spiro atoms. The number of hydrogen-bond donors (Lipinski definition) is 2. The van der Waals surface area contributed by atoms with Crippen LogP contribution in [0.2, 0.25) is 0 Å². The second kappa shape index (κ2) is 6.46. The van der Waals surface area contributed by atoms with E-state index in [-0.39, 0.29) is 23.8 Å². The van der Waals surface area contributed by atoms with Gasteiger partial charge in [-0.2, -0.15) is 5.10 Å². The van der Waals surface area contributed by atoms with Crippen molar-refractivity contribution < 1.29 is 13.2 Å². The first-order valence-corrected chi connectivity index (χ1v) is 7.65. The number of aryl methyl sites for hydroxylation is 1. The van der Waals surface area contributed by atoms with E-state index < -0.39 is 10.0 Å². The standard InChI is InChI=1S/C12H15N5O3S/c1-17-8-5-11(16-17)15-12(18)4-7-14-21(19,20)10-3-2-6-13-9-10/h2-3,5-6,8-9,14H,4,7H2,1H3,(H,15,16,18). The first kappa shape index (κ1) is 15.1. The molecule has 8 nitrogen and oxygen atoms in total. The number of aromatic nitrogens is 3. The number of nitrogens with zero attached hydrogens (tertiary/aromatic N) is 3. The van der Waals surface area contributed by atoms with E-state index in [4.69, 9.17) is 0 Å². The molecular weight excluding hydrogens is 294 g/mol. The van der Waals surface area contributed by atoms with E-state index in [2.05, 4.69) is 20.1 Å². The fourth-order valence-electron chi connectivity index (χ4n) is 1.58. The molecule has 0 aliphatic carbocycles. The average Bonchev–Trinajstić information content (AvgIpc) is 2.85. The molecule has 112 valence electrons. The van der Waals surface area contributed by atoms with Gasteiger partial charge in [0.05, 0.1) is 0 Å². The van der Waals surface area contributed by atoms with Gasteiger partial charge in [0.1, 0.15) is 4.90 Å². The molecule has 0 aliphatic heterocycles. The van der Waals surface area contributed by atoms with Crippen molar-refractivity contribution in [2.75, 3.05) is 11.9 Å². The van der Waals surface area contributed by atoms with Crippen molar-refractivity contribution in [3.63, 3.8) is 0 Å². The molecule has 1 amide bonds. The molecule has 2 aromatic heterocycles. The summed E-state index contributed by atoms with van der Waals surface area (Å²) >= 11 is 0. The zero-order valence-corrected chi connectivity index (χ0v) is 12.2. The molecule has 2 N–H and O–H groups in total. The van der Waals surface area contributed by atoms with Crippen molar-refractivity contribution in [1.29, 1.82) is 0 Å². The van der Waals surface area contributed by atoms with E-state index in [0.29, 0.717) is 5.82 Å². The van der Waals surface area contributed by atoms with Crippen molar-refractivity contribution in [3.05, 3.63) is 36.8 Å². The highest BCUT2D eigenvalue weighted by atomic mass is 32.2. The molecule has 0 fully saturated rings. The molecule has 0 aliphatic rings.